The fraction of sp³-hybridized carbons (Fsp3) is 0.391. The van der Waals surface area contributed by atoms with Crippen molar-refractivity contribution in [2.45, 2.75) is 25.8 Å². The third kappa shape index (κ3) is 6.06. The molecular weight excluding hydrogens is 366 g/mol. The van der Waals surface area contributed by atoms with Gasteiger partial charge in [-0.05, 0) is 55.8 Å². The molecule has 1 saturated heterocycles. The second kappa shape index (κ2) is 10.1. The Bertz CT molecular complexity index is 830. The minimum absolute atomic E-state index is 0.0222. The molecule has 3 rings (SSSR count). The zero-order valence-corrected chi connectivity index (χ0v) is 17.2. The maximum atomic E-state index is 12.6. The van der Waals surface area contributed by atoms with Gasteiger partial charge in [-0.3, -0.25) is 14.5 Å². The first kappa shape index (κ1) is 20.9. The second-order valence-electron chi connectivity index (χ2n) is 7.48. The summed E-state index contributed by atoms with van der Waals surface area (Å²) >= 11 is 0. The van der Waals surface area contributed by atoms with E-state index in [0.29, 0.717) is 17.0 Å². The van der Waals surface area contributed by atoms with E-state index in [-0.39, 0.29) is 18.4 Å². The second-order valence-corrected chi connectivity index (χ2v) is 7.48. The molecule has 0 radical (unpaired) electrons. The van der Waals surface area contributed by atoms with Crippen LogP contribution in [0, 0.1) is 0 Å². The first-order chi connectivity index (χ1) is 14.0. The molecule has 0 bridgehead atoms. The van der Waals surface area contributed by atoms with Crippen LogP contribution >= 0.6 is 0 Å². The summed E-state index contributed by atoms with van der Waals surface area (Å²) < 4.78 is 5.15. The zero-order chi connectivity index (χ0) is 20.6. The Morgan fingerprint density at radius 1 is 1.07 bits per heavy atom. The van der Waals surface area contributed by atoms with Crippen LogP contribution < -0.4 is 10.1 Å². The maximum Gasteiger partial charge on any atom is 0.254 e. The summed E-state index contributed by atoms with van der Waals surface area (Å²) in [6.07, 6.45) is 3.85. The summed E-state index contributed by atoms with van der Waals surface area (Å²) in [6.45, 7) is 3.19. The highest BCUT2D eigenvalue weighted by atomic mass is 16.5. The number of carbonyl (C=O) groups is 2. The van der Waals surface area contributed by atoms with Crippen LogP contribution in [-0.4, -0.2) is 55.4 Å². The van der Waals surface area contributed by atoms with Crippen LogP contribution in [-0.2, 0) is 11.3 Å². The number of amides is 2. The quantitative estimate of drug-likeness (QED) is 0.781. The maximum absolute atomic E-state index is 12.6. The van der Waals surface area contributed by atoms with Crippen LogP contribution in [0.3, 0.4) is 0 Å². The number of carbonyl (C=O) groups excluding carboxylic acids is 2. The molecule has 0 aliphatic carbocycles. The van der Waals surface area contributed by atoms with E-state index in [4.69, 9.17) is 4.74 Å². The fourth-order valence-corrected chi connectivity index (χ4v) is 3.54. The van der Waals surface area contributed by atoms with Crippen LogP contribution in [0.25, 0.3) is 0 Å². The molecule has 0 unspecified atom stereocenters. The lowest BCUT2D eigenvalue weighted by Crippen LogP contribution is -2.35. The SMILES string of the molecule is COc1cccc(NC(=O)CN(C)C(=O)c2ccc(CN3CCCCC3)cc2)c1. The highest BCUT2D eigenvalue weighted by Crippen LogP contribution is 2.17. The highest BCUT2D eigenvalue weighted by molar-refractivity contribution is 5.99. The Morgan fingerprint density at radius 2 is 1.79 bits per heavy atom. The van der Waals surface area contributed by atoms with Crippen LogP contribution in [0.4, 0.5) is 5.69 Å². The average molecular weight is 396 g/mol. The van der Waals surface area contributed by atoms with Crippen molar-refractivity contribution in [1.82, 2.24) is 9.80 Å². The van der Waals surface area contributed by atoms with Gasteiger partial charge in [-0.1, -0.05) is 24.6 Å². The van der Waals surface area contributed by atoms with E-state index >= 15 is 0 Å². The van der Waals surface area contributed by atoms with Gasteiger partial charge >= 0.3 is 0 Å². The molecule has 154 valence electrons. The van der Waals surface area contributed by atoms with Crippen molar-refractivity contribution in [3.8, 4) is 5.75 Å². The van der Waals surface area contributed by atoms with E-state index in [1.54, 1.807) is 38.4 Å². The number of likely N-dealkylation sites (tertiary alicyclic amines) is 1. The number of rotatable bonds is 7. The van der Waals surface area contributed by atoms with Crippen LogP contribution in [0.2, 0.25) is 0 Å². The summed E-state index contributed by atoms with van der Waals surface area (Å²) in [7, 11) is 3.21. The Morgan fingerprint density at radius 3 is 2.48 bits per heavy atom. The van der Waals surface area contributed by atoms with Crippen LogP contribution in [0.1, 0.15) is 35.2 Å². The van der Waals surface area contributed by atoms with Gasteiger partial charge in [0.25, 0.3) is 5.91 Å². The molecule has 0 spiro atoms. The topological polar surface area (TPSA) is 61.9 Å². The third-order valence-electron chi connectivity index (χ3n) is 5.14. The van der Waals surface area contributed by atoms with Crippen molar-refractivity contribution in [3.63, 3.8) is 0 Å². The molecule has 0 aromatic heterocycles. The molecule has 1 fully saturated rings. The van der Waals surface area contributed by atoms with Crippen LogP contribution in [0.15, 0.2) is 48.5 Å². The monoisotopic (exact) mass is 395 g/mol. The van der Waals surface area contributed by atoms with E-state index in [1.165, 1.54) is 29.7 Å². The summed E-state index contributed by atoms with van der Waals surface area (Å²) in [5.41, 5.74) is 2.43. The first-order valence-electron chi connectivity index (χ1n) is 10.1. The lowest BCUT2D eigenvalue weighted by molar-refractivity contribution is -0.116. The number of ether oxygens (including phenoxy) is 1. The molecule has 6 nitrogen and oxygen atoms in total. The van der Waals surface area contributed by atoms with Crippen molar-refractivity contribution >= 4 is 17.5 Å². The summed E-state index contributed by atoms with van der Waals surface area (Å²) in [6, 6.07) is 14.8. The Balaban J connectivity index is 1.52. The van der Waals surface area contributed by atoms with E-state index in [1.807, 2.05) is 24.3 Å². The number of hydrogen-bond donors (Lipinski definition) is 1. The van der Waals surface area contributed by atoms with Gasteiger partial charge in [0, 0.05) is 30.9 Å². The van der Waals surface area contributed by atoms with Crippen molar-refractivity contribution in [2.75, 3.05) is 39.1 Å². The van der Waals surface area contributed by atoms with Gasteiger partial charge in [-0.2, -0.15) is 0 Å². The number of nitrogens with zero attached hydrogens (tertiary/aromatic N) is 2. The molecule has 0 saturated carbocycles. The molecule has 6 heteroatoms. The van der Waals surface area contributed by atoms with Gasteiger partial charge < -0.3 is 15.0 Å². The first-order valence-corrected chi connectivity index (χ1v) is 10.1. The lowest BCUT2D eigenvalue weighted by atomic mass is 10.1. The number of methoxy groups -OCH3 is 1. The predicted molar refractivity (Wildman–Crippen MR) is 114 cm³/mol. The number of likely N-dealkylation sites (N-methyl/N-ethyl adjacent to an activating group) is 1. The Hall–Kier alpha value is -2.86. The van der Waals surface area contributed by atoms with Gasteiger partial charge in [0.2, 0.25) is 5.91 Å². The fourth-order valence-electron chi connectivity index (χ4n) is 3.54. The third-order valence-corrected chi connectivity index (χ3v) is 5.14. The normalized spacial score (nSPS) is 14.3. The molecule has 0 atom stereocenters. The molecule has 2 aromatic rings. The molecule has 1 N–H and O–H groups in total. The largest absolute Gasteiger partial charge is 0.497 e. The molecular formula is C23H29N3O3. The Kier molecular flexibility index (Phi) is 7.25. The minimum Gasteiger partial charge on any atom is -0.497 e. The lowest BCUT2D eigenvalue weighted by Gasteiger charge is -2.26. The van der Waals surface area contributed by atoms with Gasteiger partial charge in [-0.25, -0.2) is 0 Å². The van der Waals surface area contributed by atoms with Gasteiger partial charge in [-0.15, -0.1) is 0 Å². The summed E-state index contributed by atoms with van der Waals surface area (Å²) in [5.74, 6) is 0.239. The number of hydrogen-bond acceptors (Lipinski definition) is 4. The van der Waals surface area contributed by atoms with E-state index < -0.39 is 0 Å². The van der Waals surface area contributed by atoms with E-state index in [0.717, 1.165) is 19.6 Å². The molecule has 2 amide bonds. The van der Waals surface area contributed by atoms with Crippen molar-refractivity contribution in [3.05, 3.63) is 59.7 Å². The summed E-state index contributed by atoms with van der Waals surface area (Å²) in [4.78, 5) is 28.8. The molecule has 1 heterocycles. The highest BCUT2D eigenvalue weighted by Gasteiger charge is 2.16. The molecule has 2 aromatic carbocycles. The number of piperidine rings is 1. The minimum atomic E-state index is -0.254. The molecule has 1 aliphatic rings. The number of nitrogens with one attached hydrogen (secondary N) is 1. The smallest absolute Gasteiger partial charge is 0.254 e. The average Bonchev–Trinajstić information content (AvgIpc) is 2.74. The predicted octanol–water partition coefficient (Wildman–Crippen LogP) is 3.39. The van der Waals surface area contributed by atoms with Gasteiger partial charge in [0.05, 0.1) is 13.7 Å². The van der Waals surface area contributed by atoms with Crippen LogP contribution in [0.5, 0.6) is 5.75 Å². The van der Waals surface area contributed by atoms with Gasteiger partial charge in [0.15, 0.2) is 0 Å². The molecule has 1 aliphatic heterocycles. The van der Waals surface area contributed by atoms with Crippen molar-refractivity contribution in [1.29, 1.82) is 0 Å². The van der Waals surface area contributed by atoms with Crippen molar-refractivity contribution in [2.24, 2.45) is 0 Å². The van der Waals surface area contributed by atoms with Gasteiger partial charge in [0.1, 0.15) is 5.75 Å². The zero-order valence-electron chi connectivity index (χ0n) is 17.2. The Labute approximate surface area is 172 Å². The standard InChI is InChI=1S/C23H29N3O3/c1-25(17-22(27)24-20-7-6-8-21(15-20)29-2)23(28)19-11-9-18(10-12-19)16-26-13-4-3-5-14-26/h6-12,15H,3-5,13-14,16-17H2,1-2H3,(H,24,27). The van der Waals surface area contributed by atoms with Crippen molar-refractivity contribution < 1.29 is 14.3 Å². The van der Waals surface area contributed by atoms with E-state index in [9.17, 15) is 9.59 Å². The number of anilines is 1. The van der Waals surface area contributed by atoms with E-state index in [2.05, 4.69) is 10.2 Å². The number of benzene rings is 2. The molecule has 29 heavy (non-hydrogen) atoms. The summed E-state index contributed by atoms with van der Waals surface area (Å²) in [5, 5.41) is 2.79.